The van der Waals surface area contributed by atoms with Crippen LogP contribution in [0.2, 0.25) is 0 Å². The van der Waals surface area contributed by atoms with Gasteiger partial charge < -0.3 is 11.1 Å². The molecule has 20 heavy (non-hydrogen) atoms. The first-order valence-electron chi connectivity index (χ1n) is 7.40. The Hall–Kier alpha value is -1.06. The molecule has 110 valence electrons. The number of nitrogens with two attached hydrogens (primary N) is 1. The summed E-state index contributed by atoms with van der Waals surface area (Å²) in [5.41, 5.74) is 9.34. The van der Waals surface area contributed by atoms with Gasteiger partial charge in [0.15, 0.2) is 0 Å². The predicted octanol–water partition coefficient (Wildman–Crippen LogP) is 2.45. The number of carbonyl (C=O) groups is 1. The Morgan fingerprint density at radius 1 is 1.20 bits per heavy atom. The minimum Gasteiger partial charge on any atom is -0.349 e. The van der Waals surface area contributed by atoms with Crippen molar-refractivity contribution in [2.45, 2.75) is 44.6 Å². The fraction of sp³-hybridized carbons (Fsp3) is 0.562. The number of hydrogen-bond donors (Lipinski definition) is 2. The fourth-order valence-electron chi connectivity index (χ4n) is 3.47. The summed E-state index contributed by atoms with van der Waals surface area (Å²) in [6.07, 6.45) is 6.89. The summed E-state index contributed by atoms with van der Waals surface area (Å²) in [6.45, 7) is 0.676. The van der Waals surface area contributed by atoms with Gasteiger partial charge in [-0.3, -0.25) is 4.79 Å². The Bertz CT molecular complexity index is 489. The van der Waals surface area contributed by atoms with Crippen LogP contribution in [0.25, 0.3) is 0 Å². The fourth-order valence-corrected chi connectivity index (χ4v) is 3.47. The molecule has 4 heteroatoms. The molecule has 0 aromatic heterocycles. The minimum absolute atomic E-state index is 0. The van der Waals surface area contributed by atoms with Crippen LogP contribution in [0.5, 0.6) is 0 Å². The number of aryl methyl sites for hydroxylation is 2. The van der Waals surface area contributed by atoms with E-state index in [1.54, 1.807) is 0 Å². The highest BCUT2D eigenvalue weighted by Gasteiger charge is 2.27. The molecule has 0 bridgehead atoms. The van der Waals surface area contributed by atoms with Crippen molar-refractivity contribution >= 4 is 18.3 Å². The summed E-state index contributed by atoms with van der Waals surface area (Å²) in [6, 6.07) is 6.42. The van der Waals surface area contributed by atoms with Crippen LogP contribution < -0.4 is 11.1 Å². The molecule has 0 saturated heterocycles. The van der Waals surface area contributed by atoms with Crippen LogP contribution in [0.1, 0.15) is 47.2 Å². The minimum atomic E-state index is 0. The Labute approximate surface area is 126 Å². The van der Waals surface area contributed by atoms with Gasteiger partial charge in [-0.1, -0.05) is 12.5 Å². The molecule has 2 aliphatic carbocycles. The first kappa shape index (κ1) is 15.3. The average molecular weight is 295 g/mol. The molecule has 2 unspecified atom stereocenters. The molecule has 2 aliphatic rings. The lowest BCUT2D eigenvalue weighted by molar-refractivity contribution is 0.0928. The Balaban J connectivity index is 0.00000147. The molecule has 0 spiro atoms. The van der Waals surface area contributed by atoms with Gasteiger partial charge in [0.2, 0.25) is 0 Å². The van der Waals surface area contributed by atoms with Gasteiger partial charge in [-0.05, 0) is 67.8 Å². The first-order valence-corrected chi connectivity index (χ1v) is 7.40. The van der Waals surface area contributed by atoms with Gasteiger partial charge in [0.1, 0.15) is 0 Å². The van der Waals surface area contributed by atoms with Crippen LogP contribution in [0.15, 0.2) is 18.2 Å². The molecule has 1 aromatic rings. The molecule has 1 saturated carbocycles. The van der Waals surface area contributed by atoms with Gasteiger partial charge in [-0.2, -0.15) is 0 Å². The van der Waals surface area contributed by atoms with Gasteiger partial charge in [0.25, 0.3) is 5.91 Å². The maximum absolute atomic E-state index is 12.3. The summed E-state index contributed by atoms with van der Waals surface area (Å²) in [5.74, 6) is 0.526. The Morgan fingerprint density at radius 3 is 2.80 bits per heavy atom. The van der Waals surface area contributed by atoms with Crippen molar-refractivity contribution in [1.29, 1.82) is 0 Å². The summed E-state index contributed by atoms with van der Waals surface area (Å²) < 4.78 is 0. The van der Waals surface area contributed by atoms with Gasteiger partial charge in [-0.25, -0.2) is 0 Å². The molecule has 0 radical (unpaired) electrons. The number of carbonyl (C=O) groups excluding carboxylic acids is 1. The van der Waals surface area contributed by atoms with E-state index in [0.717, 1.165) is 31.2 Å². The zero-order valence-electron chi connectivity index (χ0n) is 11.7. The normalized spacial score (nSPS) is 24.1. The third-order valence-electron chi connectivity index (χ3n) is 4.64. The topological polar surface area (TPSA) is 55.1 Å². The highest BCUT2D eigenvalue weighted by molar-refractivity contribution is 5.94. The lowest BCUT2D eigenvalue weighted by Crippen LogP contribution is -2.39. The molecule has 2 atom stereocenters. The van der Waals surface area contributed by atoms with Crippen LogP contribution in [-0.4, -0.2) is 18.5 Å². The molecule has 0 aliphatic heterocycles. The number of halogens is 1. The van der Waals surface area contributed by atoms with Crippen molar-refractivity contribution < 1.29 is 4.79 Å². The lowest BCUT2D eigenvalue weighted by Gasteiger charge is -2.19. The zero-order chi connectivity index (χ0) is 13.2. The maximum atomic E-state index is 12.3. The summed E-state index contributed by atoms with van der Waals surface area (Å²) >= 11 is 0. The van der Waals surface area contributed by atoms with Crippen molar-refractivity contribution in [3.05, 3.63) is 34.9 Å². The number of nitrogens with one attached hydrogen (secondary N) is 1. The molecule has 1 fully saturated rings. The van der Waals surface area contributed by atoms with Crippen LogP contribution in [0, 0.1) is 5.92 Å². The third kappa shape index (κ3) is 2.99. The molecule has 3 N–H and O–H groups in total. The maximum Gasteiger partial charge on any atom is 0.251 e. The van der Waals surface area contributed by atoms with E-state index in [1.165, 1.54) is 24.0 Å². The van der Waals surface area contributed by atoms with Crippen LogP contribution in [0.4, 0.5) is 0 Å². The predicted molar refractivity (Wildman–Crippen MR) is 83.4 cm³/mol. The summed E-state index contributed by atoms with van der Waals surface area (Å²) in [4.78, 5) is 12.3. The van der Waals surface area contributed by atoms with E-state index >= 15 is 0 Å². The smallest absolute Gasteiger partial charge is 0.251 e. The number of rotatable bonds is 3. The van der Waals surface area contributed by atoms with Crippen molar-refractivity contribution in [2.75, 3.05) is 6.54 Å². The van der Waals surface area contributed by atoms with E-state index in [4.69, 9.17) is 5.73 Å². The van der Waals surface area contributed by atoms with E-state index in [9.17, 15) is 4.79 Å². The number of hydrogen-bond acceptors (Lipinski definition) is 2. The molecular weight excluding hydrogens is 272 g/mol. The molecular formula is C16H23ClN2O. The number of benzene rings is 1. The van der Waals surface area contributed by atoms with Gasteiger partial charge in [0, 0.05) is 11.6 Å². The Kier molecular flexibility index (Phi) is 5.06. The second-order valence-electron chi connectivity index (χ2n) is 5.84. The average Bonchev–Trinajstić information content (AvgIpc) is 3.05. The summed E-state index contributed by atoms with van der Waals surface area (Å²) in [7, 11) is 0. The van der Waals surface area contributed by atoms with Crippen molar-refractivity contribution in [3.63, 3.8) is 0 Å². The zero-order valence-corrected chi connectivity index (χ0v) is 12.5. The van der Waals surface area contributed by atoms with Crippen LogP contribution in [0.3, 0.4) is 0 Å². The van der Waals surface area contributed by atoms with Crippen molar-refractivity contribution in [1.82, 2.24) is 5.32 Å². The van der Waals surface area contributed by atoms with Crippen LogP contribution in [-0.2, 0) is 12.8 Å². The SMILES string of the molecule is Cl.NCC1CCCC1NC(=O)c1ccc2c(c1)CCC2. The van der Waals surface area contributed by atoms with Gasteiger partial charge in [0.05, 0.1) is 0 Å². The monoisotopic (exact) mass is 294 g/mol. The molecule has 0 heterocycles. The van der Waals surface area contributed by atoms with Crippen molar-refractivity contribution in [2.24, 2.45) is 11.7 Å². The largest absolute Gasteiger partial charge is 0.349 e. The number of fused-ring (bicyclic) bond motifs is 1. The molecule has 3 rings (SSSR count). The van der Waals surface area contributed by atoms with E-state index in [-0.39, 0.29) is 24.4 Å². The summed E-state index contributed by atoms with van der Waals surface area (Å²) in [5, 5.41) is 3.17. The van der Waals surface area contributed by atoms with Crippen molar-refractivity contribution in [3.8, 4) is 0 Å². The highest BCUT2D eigenvalue weighted by Crippen LogP contribution is 2.26. The Morgan fingerprint density at radius 2 is 2.00 bits per heavy atom. The van der Waals surface area contributed by atoms with E-state index < -0.39 is 0 Å². The van der Waals surface area contributed by atoms with E-state index in [1.807, 2.05) is 6.07 Å². The van der Waals surface area contributed by atoms with E-state index in [2.05, 4.69) is 17.4 Å². The quantitative estimate of drug-likeness (QED) is 0.900. The number of amides is 1. The highest BCUT2D eigenvalue weighted by atomic mass is 35.5. The first-order chi connectivity index (χ1) is 9.28. The van der Waals surface area contributed by atoms with Gasteiger partial charge in [-0.15, -0.1) is 12.4 Å². The second kappa shape index (κ2) is 6.59. The van der Waals surface area contributed by atoms with Crippen LogP contribution >= 0.6 is 12.4 Å². The van der Waals surface area contributed by atoms with Gasteiger partial charge >= 0.3 is 0 Å². The third-order valence-corrected chi connectivity index (χ3v) is 4.64. The molecule has 1 amide bonds. The standard InChI is InChI=1S/C16H22N2O.ClH/c17-10-14-5-2-6-15(14)18-16(19)13-8-7-11-3-1-4-12(11)9-13;/h7-9,14-15H,1-6,10,17H2,(H,18,19);1H. The molecule has 3 nitrogen and oxygen atoms in total. The van der Waals surface area contributed by atoms with E-state index in [0.29, 0.717) is 12.5 Å². The lowest BCUT2D eigenvalue weighted by atomic mass is 10.0. The second-order valence-corrected chi connectivity index (χ2v) is 5.84. The molecule has 1 aromatic carbocycles.